The van der Waals surface area contributed by atoms with Gasteiger partial charge in [-0.3, -0.25) is 0 Å². The lowest BCUT2D eigenvalue weighted by atomic mass is 10.1. The Labute approximate surface area is 135 Å². The number of hydrogen-bond acceptors (Lipinski definition) is 4. The number of phenols is 1. The molecular weight excluding hydrogens is 321 g/mol. The van der Waals surface area contributed by atoms with Crippen LogP contribution in [0.3, 0.4) is 0 Å². The fourth-order valence-electron chi connectivity index (χ4n) is 2.10. The number of halogens is 3. The SMILES string of the molecule is Oc1ccccc1-c1cccnc1Oc1ccc(C(F)(F)F)nc1. The van der Waals surface area contributed by atoms with E-state index in [2.05, 4.69) is 9.97 Å². The Kier molecular flexibility index (Phi) is 4.07. The zero-order valence-corrected chi connectivity index (χ0v) is 12.2. The van der Waals surface area contributed by atoms with Gasteiger partial charge >= 0.3 is 6.18 Å². The lowest BCUT2D eigenvalue weighted by Gasteiger charge is -2.11. The molecule has 0 saturated heterocycles. The van der Waals surface area contributed by atoms with E-state index in [0.29, 0.717) is 11.1 Å². The predicted octanol–water partition coefficient (Wildman–Crippen LogP) is 4.66. The van der Waals surface area contributed by atoms with E-state index < -0.39 is 11.9 Å². The van der Waals surface area contributed by atoms with Crippen LogP contribution in [0.1, 0.15) is 5.69 Å². The van der Waals surface area contributed by atoms with Crippen molar-refractivity contribution in [2.45, 2.75) is 6.18 Å². The Morgan fingerprint density at radius 3 is 2.29 bits per heavy atom. The van der Waals surface area contributed by atoms with Gasteiger partial charge in [-0.2, -0.15) is 13.2 Å². The van der Waals surface area contributed by atoms with E-state index >= 15 is 0 Å². The number of aromatic nitrogens is 2. The van der Waals surface area contributed by atoms with Gasteiger partial charge in [0.15, 0.2) is 0 Å². The van der Waals surface area contributed by atoms with E-state index in [0.717, 1.165) is 12.3 Å². The highest BCUT2D eigenvalue weighted by Crippen LogP contribution is 2.36. The number of phenolic OH excluding ortho intramolecular Hbond substituents is 1. The first-order chi connectivity index (χ1) is 11.4. The molecular formula is C17H11F3N2O2. The van der Waals surface area contributed by atoms with E-state index in [1.165, 1.54) is 18.3 Å². The number of aromatic hydroxyl groups is 1. The molecule has 3 rings (SSSR count). The third kappa shape index (κ3) is 3.29. The second kappa shape index (κ2) is 6.19. The molecule has 4 nitrogen and oxygen atoms in total. The average Bonchev–Trinajstić information content (AvgIpc) is 2.56. The highest BCUT2D eigenvalue weighted by molar-refractivity contribution is 5.74. The number of nitrogens with zero attached hydrogens (tertiary/aromatic N) is 2. The Balaban J connectivity index is 1.93. The monoisotopic (exact) mass is 332 g/mol. The van der Waals surface area contributed by atoms with Gasteiger partial charge in [-0.15, -0.1) is 0 Å². The molecule has 2 heterocycles. The Bertz CT molecular complexity index is 849. The zero-order valence-electron chi connectivity index (χ0n) is 12.2. The predicted molar refractivity (Wildman–Crippen MR) is 80.7 cm³/mol. The molecule has 0 spiro atoms. The summed E-state index contributed by atoms with van der Waals surface area (Å²) in [5.74, 6) is 0.305. The lowest BCUT2D eigenvalue weighted by Crippen LogP contribution is -2.07. The second-order valence-corrected chi connectivity index (χ2v) is 4.85. The molecule has 122 valence electrons. The van der Waals surface area contributed by atoms with Crippen LogP contribution in [0.5, 0.6) is 17.4 Å². The second-order valence-electron chi connectivity index (χ2n) is 4.85. The molecule has 1 N–H and O–H groups in total. The van der Waals surface area contributed by atoms with Gasteiger partial charge < -0.3 is 9.84 Å². The van der Waals surface area contributed by atoms with E-state index in [1.54, 1.807) is 30.3 Å². The van der Waals surface area contributed by atoms with Crippen LogP contribution in [0.15, 0.2) is 60.9 Å². The van der Waals surface area contributed by atoms with Crippen molar-refractivity contribution < 1.29 is 23.0 Å². The van der Waals surface area contributed by atoms with Gasteiger partial charge in [-0.25, -0.2) is 9.97 Å². The van der Waals surface area contributed by atoms with Gasteiger partial charge in [0.25, 0.3) is 0 Å². The summed E-state index contributed by atoms with van der Waals surface area (Å²) >= 11 is 0. The Hall–Kier alpha value is -3.09. The molecule has 0 aliphatic carbocycles. The van der Waals surface area contributed by atoms with E-state index in [4.69, 9.17) is 4.74 Å². The fraction of sp³-hybridized carbons (Fsp3) is 0.0588. The maximum Gasteiger partial charge on any atom is 0.433 e. The minimum absolute atomic E-state index is 0.0425. The van der Waals surface area contributed by atoms with Gasteiger partial charge in [-0.1, -0.05) is 18.2 Å². The van der Waals surface area contributed by atoms with E-state index in [1.807, 2.05) is 0 Å². The van der Waals surface area contributed by atoms with Crippen molar-refractivity contribution in [3.63, 3.8) is 0 Å². The van der Waals surface area contributed by atoms with Crippen LogP contribution in [-0.4, -0.2) is 15.1 Å². The van der Waals surface area contributed by atoms with Crippen LogP contribution in [0.4, 0.5) is 13.2 Å². The summed E-state index contributed by atoms with van der Waals surface area (Å²) < 4.78 is 43.1. The van der Waals surface area contributed by atoms with Gasteiger partial charge in [0.2, 0.25) is 5.88 Å². The fourth-order valence-corrected chi connectivity index (χ4v) is 2.10. The first kappa shape index (κ1) is 15.8. The summed E-state index contributed by atoms with van der Waals surface area (Å²) in [4.78, 5) is 7.42. The molecule has 0 unspecified atom stereocenters. The van der Waals surface area contributed by atoms with Crippen molar-refractivity contribution in [1.29, 1.82) is 0 Å². The van der Waals surface area contributed by atoms with Crippen LogP contribution in [-0.2, 0) is 6.18 Å². The first-order valence-electron chi connectivity index (χ1n) is 6.89. The number of pyridine rings is 2. The van der Waals surface area contributed by atoms with E-state index in [-0.39, 0.29) is 17.4 Å². The molecule has 0 amide bonds. The van der Waals surface area contributed by atoms with Gasteiger partial charge in [0, 0.05) is 17.3 Å². The van der Waals surface area contributed by atoms with Crippen LogP contribution in [0.25, 0.3) is 11.1 Å². The minimum atomic E-state index is -4.51. The topological polar surface area (TPSA) is 55.2 Å². The minimum Gasteiger partial charge on any atom is -0.507 e. The average molecular weight is 332 g/mol. The number of benzene rings is 1. The summed E-state index contributed by atoms with van der Waals surface area (Å²) in [6, 6.07) is 12.0. The smallest absolute Gasteiger partial charge is 0.433 e. The largest absolute Gasteiger partial charge is 0.507 e. The molecule has 7 heteroatoms. The van der Waals surface area contributed by atoms with Crippen molar-refractivity contribution in [2.24, 2.45) is 0 Å². The molecule has 0 radical (unpaired) electrons. The molecule has 3 aromatic rings. The number of para-hydroxylation sites is 1. The number of ether oxygens (including phenoxy) is 1. The standard InChI is InChI=1S/C17H11F3N2O2/c18-17(19,20)15-8-7-11(10-22-15)24-16-13(5-3-9-21-16)12-4-1-2-6-14(12)23/h1-10,23H. The Morgan fingerprint density at radius 1 is 0.875 bits per heavy atom. The third-order valence-electron chi connectivity index (χ3n) is 3.21. The van der Waals surface area contributed by atoms with Crippen LogP contribution in [0, 0.1) is 0 Å². The highest BCUT2D eigenvalue weighted by atomic mass is 19.4. The van der Waals surface area contributed by atoms with Gasteiger partial charge in [0.05, 0.1) is 6.20 Å². The Morgan fingerprint density at radius 2 is 1.62 bits per heavy atom. The third-order valence-corrected chi connectivity index (χ3v) is 3.21. The zero-order chi connectivity index (χ0) is 17.2. The lowest BCUT2D eigenvalue weighted by molar-refractivity contribution is -0.141. The first-order valence-corrected chi connectivity index (χ1v) is 6.89. The van der Waals surface area contributed by atoms with Crippen molar-refractivity contribution in [2.75, 3.05) is 0 Å². The van der Waals surface area contributed by atoms with Crippen molar-refractivity contribution >= 4 is 0 Å². The van der Waals surface area contributed by atoms with Crippen molar-refractivity contribution in [3.05, 3.63) is 66.6 Å². The van der Waals surface area contributed by atoms with Crippen LogP contribution in [0.2, 0.25) is 0 Å². The number of hydrogen-bond donors (Lipinski definition) is 1. The van der Waals surface area contributed by atoms with E-state index in [9.17, 15) is 18.3 Å². The quantitative estimate of drug-likeness (QED) is 0.758. The summed E-state index contributed by atoms with van der Waals surface area (Å²) in [5, 5.41) is 9.96. The molecule has 24 heavy (non-hydrogen) atoms. The highest BCUT2D eigenvalue weighted by Gasteiger charge is 2.32. The number of alkyl halides is 3. The molecule has 0 atom stereocenters. The number of rotatable bonds is 3. The van der Waals surface area contributed by atoms with Gasteiger partial charge in [-0.05, 0) is 30.3 Å². The van der Waals surface area contributed by atoms with Crippen LogP contribution < -0.4 is 4.74 Å². The molecule has 1 aromatic carbocycles. The maximum atomic E-state index is 12.5. The normalized spacial score (nSPS) is 11.3. The molecule has 2 aromatic heterocycles. The summed E-state index contributed by atoms with van der Waals surface area (Å²) in [7, 11) is 0. The molecule has 0 bridgehead atoms. The summed E-state index contributed by atoms with van der Waals surface area (Å²) in [6.45, 7) is 0. The molecule has 0 fully saturated rings. The van der Waals surface area contributed by atoms with Crippen molar-refractivity contribution in [1.82, 2.24) is 9.97 Å². The molecule has 0 aliphatic rings. The van der Waals surface area contributed by atoms with Crippen LogP contribution >= 0.6 is 0 Å². The molecule has 0 saturated carbocycles. The molecule has 0 aliphatic heterocycles. The maximum absolute atomic E-state index is 12.5. The summed E-state index contributed by atoms with van der Waals surface area (Å²) in [5.41, 5.74) is 0.00719. The van der Waals surface area contributed by atoms with Crippen molar-refractivity contribution in [3.8, 4) is 28.5 Å². The van der Waals surface area contributed by atoms with Gasteiger partial charge in [0.1, 0.15) is 17.2 Å². The summed E-state index contributed by atoms with van der Waals surface area (Å²) in [6.07, 6.45) is -2.05.